The van der Waals surface area contributed by atoms with Gasteiger partial charge in [-0.15, -0.1) is 0 Å². The molecule has 3 unspecified atom stereocenters. The van der Waals surface area contributed by atoms with E-state index in [9.17, 15) is 19.8 Å². The summed E-state index contributed by atoms with van der Waals surface area (Å²) in [5, 5.41) is 22.6. The van der Waals surface area contributed by atoms with Gasteiger partial charge in [0.2, 0.25) is 5.91 Å². The molecule has 1 aliphatic heterocycles. The van der Waals surface area contributed by atoms with Crippen LogP contribution in [0.1, 0.15) is 19.8 Å². The number of thiol groups is 1. The first-order chi connectivity index (χ1) is 15.3. The van der Waals surface area contributed by atoms with Crippen molar-refractivity contribution in [1.82, 2.24) is 5.32 Å². The topological polar surface area (TPSA) is 159 Å². The average Bonchev–Trinajstić information content (AvgIpc) is 2.79. The molecule has 1 amide bonds. The highest BCUT2D eigenvalue weighted by atomic mass is 32.1. The number of aliphatic hydroxyl groups is 2. The molecule has 1 rings (SSSR count). The summed E-state index contributed by atoms with van der Waals surface area (Å²) in [6.45, 7) is 3.52. The second-order valence-corrected chi connectivity index (χ2v) is 7.93. The van der Waals surface area contributed by atoms with E-state index in [1.807, 2.05) is 0 Å². The number of ketones is 1. The Morgan fingerprint density at radius 2 is 1.81 bits per heavy atom. The van der Waals surface area contributed by atoms with Crippen molar-refractivity contribution in [2.24, 2.45) is 11.7 Å². The lowest BCUT2D eigenvalue weighted by molar-refractivity contribution is -0.282. The van der Waals surface area contributed by atoms with Gasteiger partial charge >= 0.3 is 0 Å². The van der Waals surface area contributed by atoms with Crippen LogP contribution in [0.3, 0.4) is 0 Å². The van der Waals surface area contributed by atoms with Crippen LogP contribution in [-0.2, 0) is 33.3 Å². The summed E-state index contributed by atoms with van der Waals surface area (Å²) < 4.78 is 26.7. The highest BCUT2D eigenvalue weighted by molar-refractivity contribution is 7.80. The summed E-state index contributed by atoms with van der Waals surface area (Å²) >= 11 is 3.99. The SMILES string of the molecule is CO[C@@H]1OC(COCC(=O)NCCOCCOCCCC(=O)C(N)CS)[C@@H](C)[C@H](O)C1O. The summed E-state index contributed by atoms with van der Waals surface area (Å²) in [5.74, 6) is -0.354. The zero-order valence-corrected chi connectivity index (χ0v) is 19.7. The number of nitrogens with one attached hydrogen (secondary N) is 1. The van der Waals surface area contributed by atoms with Gasteiger partial charge in [0.1, 0.15) is 18.5 Å². The van der Waals surface area contributed by atoms with Gasteiger partial charge in [0, 0.05) is 38.4 Å². The molecule has 0 aromatic rings. The number of ether oxygens (including phenoxy) is 5. The van der Waals surface area contributed by atoms with Crippen molar-refractivity contribution in [2.45, 2.75) is 50.4 Å². The van der Waals surface area contributed by atoms with Gasteiger partial charge in [-0.2, -0.15) is 12.6 Å². The van der Waals surface area contributed by atoms with Crippen molar-refractivity contribution in [3.63, 3.8) is 0 Å². The van der Waals surface area contributed by atoms with Crippen molar-refractivity contribution in [2.75, 3.05) is 59.0 Å². The number of carbonyl (C=O) groups excluding carboxylic acids is 2. The maximum absolute atomic E-state index is 11.8. The predicted molar refractivity (Wildman–Crippen MR) is 118 cm³/mol. The van der Waals surface area contributed by atoms with Gasteiger partial charge in [-0.1, -0.05) is 6.92 Å². The molecule has 0 radical (unpaired) electrons. The van der Waals surface area contributed by atoms with Gasteiger partial charge in [-0.05, 0) is 6.42 Å². The molecule has 0 bridgehead atoms. The van der Waals surface area contributed by atoms with Crippen molar-refractivity contribution in [1.29, 1.82) is 0 Å². The molecular formula is C20H38N2O9S. The second kappa shape index (κ2) is 16.7. The summed E-state index contributed by atoms with van der Waals surface area (Å²) in [7, 11) is 1.38. The maximum atomic E-state index is 11.8. The van der Waals surface area contributed by atoms with E-state index in [1.165, 1.54) is 7.11 Å². The van der Waals surface area contributed by atoms with E-state index >= 15 is 0 Å². The number of rotatable bonds is 17. The maximum Gasteiger partial charge on any atom is 0.246 e. The molecule has 0 aromatic heterocycles. The number of amides is 1. The summed E-state index contributed by atoms with van der Waals surface area (Å²) in [4.78, 5) is 23.3. The van der Waals surface area contributed by atoms with Gasteiger partial charge in [-0.25, -0.2) is 0 Å². The molecule has 0 spiro atoms. The minimum Gasteiger partial charge on any atom is -0.390 e. The van der Waals surface area contributed by atoms with E-state index in [0.717, 1.165) is 0 Å². The van der Waals surface area contributed by atoms with Crippen LogP contribution in [0.4, 0.5) is 0 Å². The summed E-state index contributed by atoms with van der Waals surface area (Å²) in [6, 6.07) is -0.517. The van der Waals surface area contributed by atoms with Gasteiger partial charge in [0.15, 0.2) is 6.29 Å². The summed E-state index contributed by atoms with van der Waals surface area (Å²) in [6.07, 6.45) is -2.61. The minimum absolute atomic E-state index is 0.0177. The van der Waals surface area contributed by atoms with Crippen LogP contribution in [0.2, 0.25) is 0 Å². The lowest BCUT2D eigenvalue weighted by atomic mass is 9.91. The predicted octanol–water partition coefficient (Wildman–Crippen LogP) is -1.51. The molecule has 12 heteroatoms. The zero-order chi connectivity index (χ0) is 23.9. The number of methoxy groups -OCH3 is 1. The Morgan fingerprint density at radius 1 is 1.12 bits per heavy atom. The standard InChI is InChI=1S/C20H38N2O9S/c1-13-16(31-20(27-2)19(26)18(13)25)10-30-11-17(24)22-5-7-29-9-8-28-6-3-4-15(23)14(21)12-32/h13-14,16,18-20,25-26,32H,3-12,21H2,1-2H3,(H,22,24)/t13-,14?,16?,18+,19?,20-/m1/s1. The Balaban J connectivity index is 1.99. The first kappa shape index (κ1) is 29.2. The van der Waals surface area contributed by atoms with Crippen LogP contribution in [-0.4, -0.2) is 112 Å². The van der Waals surface area contributed by atoms with Gasteiger partial charge < -0.3 is 44.9 Å². The molecular weight excluding hydrogens is 444 g/mol. The Morgan fingerprint density at radius 3 is 2.47 bits per heavy atom. The van der Waals surface area contributed by atoms with E-state index in [1.54, 1.807) is 6.92 Å². The molecule has 1 saturated heterocycles. The summed E-state index contributed by atoms with van der Waals surface area (Å²) in [5.41, 5.74) is 5.58. The Bertz CT molecular complexity index is 541. The molecule has 0 aromatic carbocycles. The average molecular weight is 483 g/mol. The third kappa shape index (κ3) is 10.9. The molecule has 11 nitrogen and oxygen atoms in total. The number of hydrogen-bond donors (Lipinski definition) is 5. The lowest BCUT2D eigenvalue weighted by Gasteiger charge is -2.40. The minimum atomic E-state index is -1.13. The van der Waals surface area contributed by atoms with Crippen molar-refractivity contribution in [3.8, 4) is 0 Å². The van der Waals surface area contributed by atoms with E-state index in [-0.39, 0.29) is 30.8 Å². The number of nitrogens with two attached hydrogens (primary N) is 1. The van der Waals surface area contributed by atoms with Gasteiger partial charge in [0.05, 0.1) is 44.7 Å². The van der Waals surface area contributed by atoms with E-state index in [4.69, 9.17) is 29.4 Å². The van der Waals surface area contributed by atoms with E-state index in [2.05, 4.69) is 17.9 Å². The van der Waals surface area contributed by atoms with Crippen molar-refractivity contribution in [3.05, 3.63) is 0 Å². The lowest BCUT2D eigenvalue weighted by Crippen LogP contribution is -2.55. The Labute approximate surface area is 194 Å². The molecule has 0 aliphatic carbocycles. The molecule has 188 valence electrons. The molecule has 0 saturated carbocycles. The van der Waals surface area contributed by atoms with Crippen molar-refractivity contribution >= 4 is 24.3 Å². The molecule has 1 heterocycles. The van der Waals surface area contributed by atoms with Crippen LogP contribution in [0.5, 0.6) is 0 Å². The smallest absolute Gasteiger partial charge is 0.246 e. The Kier molecular flexibility index (Phi) is 15.3. The first-order valence-electron chi connectivity index (χ1n) is 10.7. The zero-order valence-electron chi connectivity index (χ0n) is 18.8. The third-order valence-electron chi connectivity index (χ3n) is 5.07. The number of carbonyl (C=O) groups is 2. The fourth-order valence-electron chi connectivity index (χ4n) is 2.99. The first-order valence-corrected chi connectivity index (χ1v) is 11.4. The van der Waals surface area contributed by atoms with E-state index in [0.29, 0.717) is 51.6 Å². The molecule has 1 aliphatic rings. The van der Waals surface area contributed by atoms with Crippen molar-refractivity contribution < 1.29 is 43.5 Å². The molecule has 32 heavy (non-hydrogen) atoms. The number of aliphatic hydroxyl groups excluding tert-OH is 2. The number of Topliss-reactive ketones (excluding diaryl/α,β-unsaturated/α-hetero) is 1. The number of hydrogen-bond acceptors (Lipinski definition) is 11. The Hall–Kier alpha value is -0.830. The van der Waals surface area contributed by atoms with Gasteiger partial charge in [-0.3, -0.25) is 9.59 Å². The highest BCUT2D eigenvalue weighted by Crippen LogP contribution is 2.26. The van der Waals surface area contributed by atoms with Crippen LogP contribution >= 0.6 is 12.6 Å². The normalized spacial score (nSPS) is 26.6. The van der Waals surface area contributed by atoms with Gasteiger partial charge in [0.25, 0.3) is 0 Å². The quantitative estimate of drug-likeness (QED) is 0.122. The monoisotopic (exact) mass is 482 g/mol. The second-order valence-electron chi connectivity index (χ2n) is 7.57. The third-order valence-corrected chi connectivity index (χ3v) is 5.47. The fraction of sp³-hybridized carbons (Fsp3) is 0.900. The van der Waals surface area contributed by atoms with Crippen LogP contribution in [0.25, 0.3) is 0 Å². The van der Waals surface area contributed by atoms with Crippen LogP contribution < -0.4 is 11.1 Å². The molecule has 5 N–H and O–H groups in total. The highest BCUT2D eigenvalue weighted by Gasteiger charge is 2.42. The van der Waals surface area contributed by atoms with Crippen LogP contribution in [0, 0.1) is 5.92 Å². The molecule has 1 fully saturated rings. The fourth-order valence-corrected chi connectivity index (χ4v) is 3.20. The molecule has 6 atom stereocenters. The largest absolute Gasteiger partial charge is 0.390 e. The van der Waals surface area contributed by atoms with Crippen LogP contribution in [0.15, 0.2) is 0 Å². The van der Waals surface area contributed by atoms with E-state index < -0.39 is 30.6 Å².